The van der Waals surface area contributed by atoms with Gasteiger partial charge in [-0.1, -0.05) is 76.6 Å². The molecule has 1 aliphatic rings. The summed E-state index contributed by atoms with van der Waals surface area (Å²) in [6.07, 6.45) is 4.10. The summed E-state index contributed by atoms with van der Waals surface area (Å²) in [5.74, 6) is 0.403. The van der Waals surface area contributed by atoms with Crippen molar-refractivity contribution in [1.82, 2.24) is 5.32 Å². The molecule has 1 aliphatic heterocycles. The first-order valence-electron chi connectivity index (χ1n) is 7.01. The Kier molecular flexibility index (Phi) is 4.39. The highest BCUT2D eigenvalue weighted by Gasteiger charge is 2.21. The average Bonchev–Trinajstić information content (AvgIpc) is 2.54. The lowest BCUT2D eigenvalue weighted by atomic mass is 10.1. The lowest BCUT2D eigenvalue weighted by Crippen LogP contribution is -2.38. The minimum Gasteiger partial charge on any atom is -0.369 e. The number of hydrogen-bond donors (Lipinski definition) is 2. The maximum atomic E-state index is 5.92. The number of benzene rings is 2. The van der Waals surface area contributed by atoms with Gasteiger partial charge in [-0.05, 0) is 23.3 Å². The maximum absolute atomic E-state index is 5.92. The van der Waals surface area contributed by atoms with Gasteiger partial charge in [-0.2, -0.15) is 0 Å². The van der Waals surface area contributed by atoms with Crippen LogP contribution < -0.4 is 11.1 Å². The lowest BCUT2D eigenvalue weighted by molar-refractivity contribution is 0.957. The molecule has 0 amide bonds. The molecule has 0 bridgehead atoms. The van der Waals surface area contributed by atoms with Crippen molar-refractivity contribution in [3.8, 4) is 0 Å². The summed E-state index contributed by atoms with van der Waals surface area (Å²) >= 11 is 3.70. The van der Waals surface area contributed by atoms with Crippen LogP contribution in [0.3, 0.4) is 0 Å². The predicted molar refractivity (Wildman–Crippen MR) is 96.3 cm³/mol. The van der Waals surface area contributed by atoms with Gasteiger partial charge in [-0.25, -0.2) is 4.99 Å². The highest BCUT2D eigenvalue weighted by molar-refractivity contribution is 9.09. The monoisotopic (exact) mass is 353 g/mol. The van der Waals surface area contributed by atoms with Gasteiger partial charge in [0.25, 0.3) is 0 Å². The van der Waals surface area contributed by atoms with Crippen molar-refractivity contribution in [2.45, 2.75) is 4.83 Å². The second-order valence-electron chi connectivity index (χ2n) is 4.97. The van der Waals surface area contributed by atoms with E-state index >= 15 is 0 Å². The van der Waals surface area contributed by atoms with Crippen LogP contribution in [-0.2, 0) is 0 Å². The Morgan fingerprint density at radius 3 is 2.05 bits per heavy atom. The minimum absolute atomic E-state index is 0.0276. The van der Waals surface area contributed by atoms with E-state index in [0.29, 0.717) is 5.96 Å². The molecule has 3 rings (SSSR count). The van der Waals surface area contributed by atoms with Gasteiger partial charge in [0.05, 0.1) is 10.5 Å². The summed E-state index contributed by atoms with van der Waals surface area (Å²) in [6.45, 7) is 0. The van der Waals surface area contributed by atoms with E-state index in [-0.39, 0.29) is 4.83 Å². The van der Waals surface area contributed by atoms with E-state index in [9.17, 15) is 0 Å². The van der Waals surface area contributed by atoms with E-state index in [1.54, 1.807) is 0 Å². The fourth-order valence-corrected chi connectivity index (χ4v) is 2.74. The van der Waals surface area contributed by atoms with Crippen molar-refractivity contribution >= 4 is 34.0 Å². The zero-order valence-corrected chi connectivity index (χ0v) is 13.5. The molecule has 1 unspecified atom stereocenters. The van der Waals surface area contributed by atoms with E-state index in [4.69, 9.17) is 5.73 Å². The van der Waals surface area contributed by atoms with Gasteiger partial charge in [-0.3, -0.25) is 0 Å². The van der Waals surface area contributed by atoms with Crippen LogP contribution in [-0.4, -0.2) is 10.8 Å². The molecule has 0 saturated heterocycles. The van der Waals surface area contributed by atoms with Crippen molar-refractivity contribution in [3.63, 3.8) is 0 Å². The van der Waals surface area contributed by atoms with Gasteiger partial charge in [0.1, 0.15) is 0 Å². The number of nitrogens with one attached hydrogen (secondary N) is 1. The fourth-order valence-electron chi connectivity index (χ4n) is 2.26. The van der Waals surface area contributed by atoms with Crippen LogP contribution in [0.1, 0.15) is 11.1 Å². The number of nitrogens with two attached hydrogens (primary N) is 1. The molecule has 0 fully saturated rings. The molecule has 110 valence electrons. The van der Waals surface area contributed by atoms with Crippen LogP contribution in [0.2, 0.25) is 0 Å². The number of guanidine groups is 1. The van der Waals surface area contributed by atoms with E-state index < -0.39 is 0 Å². The highest BCUT2D eigenvalue weighted by atomic mass is 79.9. The second-order valence-corrected chi connectivity index (χ2v) is 5.89. The molecule has 0 radical (unpaired) electrons. The molecular weight excluding hydrogens is 338 g/mol. The smallest absolute Gasteiger partial charge is 0.197 e. The molecule has 0 spiro atoms. The fraction of sp³-hybridized carbons (Fsp3) is 0.0556. The number of rotatable bonds is 2. The van der Waals surface area contributed by atoms with Gasteiger partial charge >= 0.3 is 0 Å². The van der Waals surface area contributed by atoms with Gasteiger partial charge < -0.3 is 11.1 Å². The number of aliphatic imine (C=N–C) groups is 1. The molecule has 3 nitrogen and oxygen atoms in total. The van der Waals surface area contributed by atoms with Gasteiger partial charge in [0.2, 0.25) is 0 Å². The number of alkyl halides is 1. The first kappa shape index (κ1) is 14.6. The molecule has 1 atom stereocenters. The summed E-state index contributed by atoms with van der Waals surface area (Å²) in [6, 6.07) is 20.2. The standard InChI is InChI=1S/C18H16BrN3/c19-17-15(11-13-7-3-1-4-8-13)21-18(20)22-16(17)12-14-9-5-2-6-10-14/h1-12,17H,(H3,20,21,22). The molecule has 1 heterocycles. The number of hydrogen-bond acceptors (Lipinski definition) is 3. The summed E-state index contributed by atoms with van der Waals surface area (Å²) in [5, 5.41) is 3.13. The van der Waals surface area contributed by atoms with Crippen molar-refractivity contribution in [3.05, 3.63) is 83.2 Å². The zero-order valence-electron chi connectivity index (χ0n) is 11.9. The Hall–Kier alpha value is -2.33. The predicted octanol–water partition coefficient (Wildman–Crippen LogP) is 3.75. The molecule has 0 aromatic heterocycles. The summed E-state index contributed by atoms with van der Waals surface area (Å²) in [7, 11) is 0. The van der Waals surface area contributed by atoms with Crippen LogP contribution in [0, 0.1) is 0 Å². The van der Waals surface area contributed by atoms with Crippen molar-refractivity contribution in [2.75, 3.05) is 0 Å². The van der Waals surface area contributed by atoms with Gasteiger partial charge in [-0.15, -0.1) is 0 Å². The van der Waals surface area contributed by atoms with Crippen LogP contribution in [0.4, 0.5) is 0 Å². The van der Waals surface area contributed by atoms with E-state index in [0.717, 1.165) is 22.5 Å². The van der Waals surface area contributed by atoms with E-state index in [1.165, 1.54) is 0 Å². The SMILES string of the molecule is NC1=NC(=Cc2ccccc2)C(Br)C(=Cc2ccccc2)N1. The summed E-state index contributed by atoms with van der Waals surface area (Å²) in [4.78, 5) is 4.38. The van der Waals surface area contributed by atoms with Crippen LogP contribution in [0.25, 0.3) is 12.2 Å². The average molecular weight is 354 g/mol. The van der Waals surface area contributed by atoms with Gasteiger partial charge in [0.15, 0.2) is 5.96 Å². The lowest BCUT2D eigenvalue weighted by Gasteiger charge is -2.22. The Morgan fingerprint density at radius 2 is 1.45 bits per heavy atom. The van der Waals surface area contributed by atoms with Gasteiger partial charge in [0, 0.05) is 5.70 Å². The summed E-state index contributed by atoms with van der Waals surface area (Å²) in [5.41, 5.74) is 9.98. The second kappa shape index (κ2) is 6.62. The van der Waals surface area contributed by atoms with Crippen LogP contribution in [0.5, 0.6) is 0 Å². The van der Waals surface area contributed by atoms with E-state index in [1.807, 2.05) is 54.6 Å². The molecular formula is C18H16BrN3. The molecule has 0 saturated carbocycles. The molecule has 22 heavy (non-hydrogen) atoms. The third kappa shape index (κ3) is 3.46. The maximum Gasteiger partial charge on any atom is 0.197 e. The topological polar surface area (TPSA) is 50.4 Å². The normalized spacial score (nSPS) is 21.5. The highest BCUT2D eigenvalue weighted by Crippen LogP contribution is 2.27. The van der Waals surface area contributed by atoms with E-state index in [2.05, 4.69) is 44.4 Å². The van der Waals surface area contributed by atoms with Crippen LogP contribution in [0.15, 0.2) is 77.1 Å². The Balaban J connectivity index is 1.95. The molecule has 0 aliphatic carbocycles. The Labute approximate surface area is 138 Å². The Morgan fingerprint density at radius 1 is 0.909 bits per heavy atom. The molecule has 3 N–H and O–H groups in total. The van der Waals surface area contributed by atoms with Crippen molar-refractivity contribution in [1.29, 1.82) is 0 Å². The first-order valence-corrected chi connectivity index (χ1v) is 7.92. The third-order valence-corrected chi connectivity index (χ3v) is 4.25. The first-order chi connectivity index (χ1) is 10.7. The minimum atomic E-state index is -0.0276. The van der Waals surface area contributed by atoms with Crippen molar-refractivity contribution < 1.29 is 0 Å². The summed E-state index contributed by atoms with van der Waals surface area (Å²) < 4.78 is 0. The largest absolute Gasteiger partial charge is 0.369 e. The molecule has 2 aromatic rings. The van der Waals surface area contributed by atoms with Crippen LogP contribution >= 0.6 is 15.9 Å². The molecule has 4 heteroatoms. The molecule has 2 aromatic carbocycles. The third-order valence-electron chi connectivity index (χ3n) is 3.29. The van der Waals surface area contributed by atoms with Crippen molar-refractivity contribution in [2.24, 2.45) is 10.7 Å². The quantitative estimate of drug-likeness (QED) is 0.807. The Bertz CT molecular complexity index is 733. The number of halogens is 1. The zero-order chi connectivity index (χ0) is 15.4. The number of nitrogens with zero attached hydrogens (tertiary/aromatic N) is 1.